The summed E-state index contributed by atoms with van der Waals surface area (Å²) in [6, 6.07) is -0.397. The van der Waals surface area contributed by atoms with E-state index >= 15 is 0 Å². The van der Waals surface area contributed by atoms with Crippen molar-refractivity contribution in [2.45, 2.75) is 88.5 Å². The number of amides is 1. The molecule has 10 heteroatoms. The van der Waals surface area contributed by atoms with Crippen molar-refractivity contribution in [2.75, 3.05) is 29.9 Å². The number of fused-ring (bicyclic) bond motifs is 1. The Morgan fingerprint density at radius 1 is 1.03 bits per heavy atom. The second kappa shape index (κ2) is 9.02. The Hall–Kier alpha value is -2.78. The zero-order valence-electron chi connectivity index (χ0n) is 20.0. The summed E-state index contributed by atoms with van der Waals surface area (Å²) < 4.78 is 27.2. The van der Waals surface area contributed by atoms with Crippen molar-refractivity contribution >= 4 is 23.6 Å². The monoisotopic (exact) mass is 485 g/mol. The predicted octanol–water partition coefficient (Wildman–Crippen LogP) is 4.32. The van der Waals surface area contributed by atoms with Gasteiger partial charge in [-0.25, -0.2) is 18.7 Å². The number of aryl methyl sites for hydroxylation is 1. The van der Waals surface area contributed by atoms with Crippen LogP contribution in [0.3, 0.4) is 0 Å². The number of anilines is 3. The van der Waals surface area contributed by atoms with Crippen LogP contribution in [0.4, 0.5) is 26.5 Å². The van der Waals surface area contributed by atoms with E-state index in [-0.39, 0.29) is 31.8 Å². The first-order valence-corrected chi connectivity index (χ1v) is 13.1. The molecule has 2 aliphatic carbocycles. The van der Waals surface area contributed by atoms with Gasteiger partial charge >= 0.3 is 0 Å². The lowest BCUT2D eigenvalue weighted by Gasteiger charge is -2.35. The Balaban J connectivity index is 1.23. The van der Waals surface area contributed by atoms with Crippen LogP contribution >= 0.6 is 0 Å². The third kappa shape index (κ3) is 4.47. The Bertz CT molecular complexity index is 1090. The van der Waals surface area contributed by atoms with Gasteiger partial charge in [-0.05, 0) is 44.9 Å². The number of halogens is 2. The Morgan fingerprint density at radius 2 is 1.83 bits per heavy atom. The van der Waals surface area contributed by atoms with Crippen molar-refractivity contribution in [3.8, 4) is 0 Å². The number of carbonyl (C=O) groups excluding carboxylic acids is 1. The van der Waals surface area contributed by atoms with Gasteiger partial charge in [0, 0.05) is 49.7 Å². The van der Waals surface area contributed by atoms with Crippen LogP contribution in [0, 0.1) is 0 Å². The fraction of sp³-hybridized carbons (Fsp3) is 0.680. The van der Waals surface area contributed by atoms with Gasteiger partial charge in [0.2, 0.25) is 17.8 Å². The quantitative estimate of drug-likeness (QED) is 0.656. The summed E-state index contributed by atoms with van der Waals surface area (Å²) in [5.41, 5.74) is 3.32. The lowest BCUT2D eigenvalue weighted by Crippen LogP contribution is -2.50. The highest BCUT2D eigenvalue weighted by Gasteiger charge is 2.41. The van der Waals surface area contributed by atoms with Gasteiger partial charge in [0.25, 0.3) is 5.92 Å². The lowest BCUT2D eigenvalue weighted by molar-refractivity contribution is -0.138. The smallest absolute Gasteiger partial charge is 0.251 e. The molecule has 0 bridgehead atoms. The molecule has 0 unspecified atom stereocenters. The summed E-state index contributed by atoms with van der Waals surface area (Å²) in [5.74, 6) is -0.202. The molecule has 2 aliphatic heterocycles. The minimum Gasteiger partial charge on any atom is -0.340 e. The van der Waals surface area contributed by atoms with Crippen molar-refractivity contribution in [1.29, 1.82) is 0 Å². The number of piperidine rings is 1. The molecule has 2 aromatic rings. The van der Waals surface area contributed by atoms with Crippen LogP contribution in [-0.4, -0.2) is 62.3 Å². The first-order chi connectivity index (χ1) is 17.0. The maximum absolute atomic E-state index is 13.6. The van der Waals surface area contributed by atoms with E-state index in [1.807, 2.05) is 11.1 Å². The number of H-pyrrole nitrogens is 1. The van der Waals surface area contributed by atoms with Crippen LogP contribution in [0.25, 0.3) is 0 Å². The Labute approximate surface area is 203 Å². The van der Waals surface area contributed by atoms with E-state index in [0.29, 0.717) is 30.8 Å². The molecule has 6 rings (SSSR count). The highest BCUT2D eigenvalue weighted by Crippen LogP contribution is 2.36. The molecule has 188 valence electrons. The number of nitrogens with zero attached hydrogens (tertiary/aromatic N) is 5. The number of aromatic amines is 1. The van der Waals surface area contributed by atoms with Gasteiger partial charge in [0.05, 0.1) is 11.9 Å². The summed E-state index contributed by atoms with van der Waals surface area (Å²) in [4.78, 5) is 34.6. The molecule has 0 radical (unpaired) electrons. The molecule has 1 amide bonds. The number of hydrogen-bond donors (Lipinski definition) is 2. The SMILES string of the molecule is O=C([C@H]1CCCN1c1nc2c(c(Nc3ncc(C4CCCC4)[nH]3)n1)CCC2)N1CCC(F)(F)CC1. The molecule has 2 N–H and O–H groups in total. The van der Waals surface area contributed by atoms with Crippen molar-refractivity contribution in [1.82, 2.24) is 24.8 Å². The third-order valence-electron chi connectivity index (χ3n) is 8.15. The van der Waals surface area contributed by atoms with Crippen molar-refractivity contribution < 1.29 is 13.6 Å². The van der Waals surface area contributed by atoms with Gasteiger partial charge in [0.15, 0.2) is 0 Å². The van der Waals surface area contributed by atoms with E-state index in [1.54, 1.807) is 4.90 Å². The molecule has 2 saturated heterocycles. The first-order valence-electron chi connectivity index (χ1n) is 13.1. The molecule has 2 aromatic heterocycles. The molecule has 0 aromatic carbocycles. The summed E-state index contributed by atoms with van der Waals surface area (Å²) in [7, 11) is 0. The van der Waals surface area contributed by atoms with Gasteiger partial charge in [-0.15, -0.1) is 0 Å². The standard InChI is InChI=1S/C25H33F2N7O/c26-25(27)10-13-33(14-11-25)22(35)20-9-4-12-34(20)24-30-18-8-3-7-17(18)21(32-24)31-23-28-15-19(29-23)16-5-1-2-6-16/h15-16,20H,1-14H2,(H2,28,29,30,31,32)/t20-/m1/s1. The number of carbonyl (C=O) groups is 1. The van der Waals surface area contributed by atoms with Gasteiger partial charge in [0.1, 0.15) is 11.9 Å². The lowest BCUT2D eigenvalue weighted by atomic mass is 10.1. The normalized spacial score (nSPS) is 24.2. The second-order valence-electron chi connectivity index (χ2n) is 10.5. The molecule has 3 fully saturated rings. The zero-order chi connectivity index (χ0) is 24.0. The number of imidazole rings is 1. The van der Waals surface area contributed by atoms with Gasteiger partial charge in [-0.1, -0.05) is 12.8 Å². The number of rotatable bonds is 5. The molecule has 1 atom stereocenters. The maximum Gasteiger partial charge on any atom is 0.251 e. The molecule has 4 aliphatic rings. The van der Waals surface area contributed by atoms with Gasteiger partial charge < -0.3 is 20.1 Å². The molecular formula is C25H33F2N7O. The van der Waals surface area contributed by atoms with Crippen LogP contribution in [0.15, 0.2) is 6.20 Å². The molecule has 0 spiro atoms. The van der Waals surface area contributed by atoms with E-state index in [0.717, 1.165) is 42.8 Å². The van der Waals surface area contributed by atoms with Crippen LogP contribution in [0.2, 0.25) is 0 Å². The first kappa shape index (κ1) is 22.7. The van der Waals surface area contributed by atoms with Crippen LogP contribution in [0.5, 0.6) is 0 Å². The number of likely N-dealkylation sites (tertiary alicyclic amines) is 1. The largest absolute Gasteiger partial charge is 0.340 e. The highest BCUT2D eigenvalue weighted by molar-refractivity contribution is 5.85. The zero-order valence-corrected chi connectivity index (χ0v) is 20.0. The van der Waals surface area contributed by atoms with E-state index in [1.165, 1.54) is 31.4 Å². The van der Waals surface area contributed by atoms with Crippen LogP contribution < -0.4 is 10.2 Å². The average Bonchev–Trinajstić information content (AvgIpc) is 3.65. The molecular weight excluding hydrogens is 452 g/mol. The Kier molecular flexibility index (Phi) is 5.84. The average molecular weight is 486 g/mol. The highest BCUT2D eigenvalue weighted by atomic mass is 19.3. The Morgan fingerprint density at radius 3 is 2.63 bits per heavy atom. The minimum absolute atomic E-state index is 0.0798. The number of alkyl halides is 2. The topological polar surface area (TPSA) is 90.0 Å². The van der Waals surface area contributed by atoms with E-state index in [2.05, 4.69) is 15.3 Å². The van der Waals surface area contributed by atoms with Crippen molar-refractivity contribution in [3.05, 3.63) is 23.1 Å². The summed E-state index contributed by atoms with van der Waals surface area (Å²) in [5, 5.41) is 3.41. The maximum atomic E-state index is 13.6. The minimum atomic E-state index is -2.67. The van der Waals surface area contributed by atoms with Crippen LogP contribution in [-0.2, 0) is 17.6 Å². The van der Waals surface area contributed by atoms with E-state index in [9.17, 15) is 13.6 Å². The van der Waals surface area contributed by atoms with Crippen LogP contribution in [0.1, 0.15) is 80.7 Å². The molecule has 35 heavy (non-hydrogen) atoms. The summed E-state index contributed by atoms with van der Waals surface area (Å²) in [6.45, 7) is 0.900. The molecule has 8 nitrogen and oxygen atoms in total. The number of hydrogen-bond acceptors (Lipinski definition) is 6. The molecule has 4 heterocycles. The van der Waals surface area contributed by atoms with Crippen molar-refractivity contribution in [2.24, 2.45) is 0 Å². The fourth-order valence-electron chi connectivity index (χ4n) is 6.13. The summed E-state index contributed by atoms with van der Waals surface area (Å²) in [6.07, 6.45) is 10.7. The van der Waals surface area contributed by atoms with Crippen molar-refractivity contribution in [3.63, 3.8) is 0 Å². The van der Waals surface area contributed by atoms with E-state index < -0.39 is 12.0 Å². The fourth-order valence-corrected chi connectivity index (χ4v) is 6.13. The molecule has 1 saturated carbocycles. The van der Waals surface area contributed by atoms with Gasteiger partial charge in [-0.2, -0.15) is 4.98 Å². The third-order valence-corrected chi connectivity index (χ3v) is 8.15. The van der Waals surface area contributed by atoms with E-state index in [4.69, 9.17) is 9.97 Å². The van der Waals surface area contributed by atoms with Gasteiger partial charge in [-0.3, -0.25) is 4.79 Å². The second-order valence-corrected chi connectivity index (χ2v) is 10.5. The number of nitrogens with one attached hydrogen (secondary N) is 2. The predicted molar refractivity (Wildman–Crippen MR) is 128 cm³/mol. The summed E-state index contributed by atoms with van der Waals surface area (Å²) >= 11 is 0. The number of aromatic nitrogens is 4.